The van der Waals surface area contributed by atoms with E-state index in [0.717, 1.165) is 30.7 Å². The van der Waals surface area contributed by atoms with Gasteiger partial charge in [-0.3, -0.25) is 14.9 Å². The molecule has 1 atom stereocenters. The molecule has 0 saturated heterocycles. The van der Waals surface area contributed by atoms with Gasteiger partial charge in [0, 0.05) is 36.4 Å². The maximum Gasteiger partial charge on any atom is 0.330 e. The molecule has 1 N–H and O–H groups in total. The van der Waals surface area contributed by atoms with Gasteiger partial charge < -0.3 is 19.7 Å². The number of ether oxygens (including phenoxy) is 2. The summed E-state index contributed by atoms with van der Waals surface area (Å²) in [6, 6.07) is 10.4. The standard InChI is InChI=1S/C33H37N7O7/c1-7-30(42)46-13-11-39(12-14-47-31(43)8-2)25-9-10-27(28(18-25)36-29(41)15-22(3)19-33(4,5)6)37-38-32-23(20-34)16-26(40(44)45)17-24(32)21-35/h7-10,16-18,22H,1-2,11-15,19H2,3-6H3,(H,36,41). The number of non-ortho nitro benzene ring substituents is 1. The van der Waals surface area contributed by atoms with Gasteiger partial charge in [-0.25, -0.2) is 9.59 Å². The second-order valence-corrected chi connectivity index (χ2v) is 11.6. The summed E-state index contributed by atoms with van der Waals surface area (Å²) in [6.45, 7) is 15.3. The van der Waals surface area contributed by atoms with Crippen LogP contribution >= 0.6 is 0 Å². The average Bonchev–Trinajstić information content (AvgIpc) is 3.01. The predicted octanol–water partition coefficient (Wildman–Crippen LogP) is 6.42. The van der Waals surface area contributed by atoms with E-state index in [0.29, 0.717) is 5.69 Å². The molecule has 0 aliphatic rings. The normalized spacial score (nSPS) is 11.4. The van der Waals surface area contributed by atoms with Gasteiger partial charge in [-0.15, -0.1) is 10.2 Å². The Kier molecular flexibility index (Phi) is 13.9. The summed E-state index contributed by atoms with van der Waals surface area (Å²) in [5.41, 5.74) is -0.143. The molecule has 0 aliphatic heterocycles. The molecule has 0 radical (unpaired) electrons. The van der Waals surface area contributed by atoms with Crippen molar-refractivity contribution in [2.24, 2.45) is 21.6 Å². The number of nitrogens with one attached hydrogen (secondary N) is 1. The minimum absolute atomic E-state index is 0.00521. The van der Waals surface area contributed by atoms with E-state index >= 15 is 0 Å². The minimum Gasteiger partial charge on any atom is -0.461 e. The Morgan fingerprint density at radius 1 is 1.02 bits per heavy atom. The van der Waals surface area contributed by atoms with Gasteiger partial charge in [0.25, 0.3) is 5.69 Å². The highest BCUT2D eigenvalue weighted by molar-refractivity contribution is 5.94. The number of nitro groups is 1. The van der Waals surface area contributed by atoms with E-state index in [2.05, 4.69) is 49.5 Å². The summed E-state index contributed by atoms with van der Waals surface area (Å²) in [7, 11) is 0. The van der Waals surface area contributed by atoms with Gasteiger partial charge in [-0.05, 0) is 36.0 Å². The number of azo groups is 1. The summed E-state index contributed by atoms with van der Waals surface area (Å²) in [5, 5.41) is 41.6. The highest BCUT2D eigenvalue weighted by Gasteiger charge is 2.20. The molecular formula is C33H37N7O7. The zero-order chi connectivity index (χ0) is 35.1. The van der Waals surface area contributed by atoms with E-state index in [4.69, 9.17) is 9.47 Å². The molecule has 1 amide bonds. The van der Waals surface area contributed by atoms with Crippen LogP contribution < -0.4 is 10.2 Å². The number of hydrogen-bond donors (Lipinski definition) is 1. The molecule has 0 saturated carbocycles. The smallest absolute Gasteiger partial charge is 0.330 e. The van der Waals surface area contributed by atoms with E-state index in [1.165, 1.54) is 6.07 Å². The molecule has 246 valence electrons. The van der Waals surface area contributed by atoms with Crippen molar-refractivity contribution in [1.29, 1.82) is 10.5 Å². The van der Waals surface area contributed by atoms with E-state index in [-0.39, 0.29) is 78.2 Å². The molecule has 0 aliphatic carbocycles. The lowest BCUT2D eigenvalue weighted by molar-refractivity contribution is -0.384. The number of anilines is 2. The first-order chi connectivity index (χ1) is 22.2. The minimum atomic E-state index is -0.724. The highest BCUT2D eigenvalue weighted by atomic mass is 16.6. The van der Waals surface area contributed by atoms with Crippen LogP contribution in [0.3, 0.4) is 0 Å². The SMILES string of the molecule is C=CC(=O)OCCN(CCOC(=O)C=C)c1ccc(N=Nc2c(C#N)cc([N+](=O)[O-])cc2C#N)c(NC(=O)CC(C)CC(C)(C)C)c1. The van der Waals surface area contributed by atoms with Crippen molar-refractivity contribution in [1.82, 2.24) is 0 Å². The van der Waals surface area contributed by atoms with E-state index < -0.39 is 22.5 Å². The molecule has 2 aromatic rings. The maximum atomic E-state index is 13.2. The number of carbonyl (C=O) groups is 3. The molecule has 47 heavy (non-hydrogen) atoms. The van der Waals surface area contributed by atoms with Crippen LogP contribution in [-0.4, -0.2) is 49.1 Å². The fraction of sp³-hybridized carbons (Fsp3) is 0.364. The van der Waals surface area contributed by atoms with Crippen molar-refractivity contribution in [2.75, 3.05) is 36.5 Å². The number of nitriles is 2. The van der Waals surface area contributed by atoms with Crippen LogP contribution in [-0.2, 0) is 23.9 Å². The van der Waals surface area contributed by atoms with E-state index in [9.17, 15) is 35.0 Å². The zero-order valence-corrected chi connectivity index (χ0v) is 26.8. The van der Waals surface area contributed by atoms with Gasteiger partial charge >= 0.3 is 11.9 Å². The summed E-state index contributed by atoms with van der Waals surface area (Å²) in [4.78, 5) is 48.7. The molecule has 0 spiro atoms. The van der Waals surface area contributed by atoms with Crippen LogP contribution in [0.2, 0.25) is 0 Å². The van der Waals surface area contributed by atoms with Gasteiger partial charge in [-0.1, -0.05) is 40.9 Å². The predicted molar refractivity (Wildman–Crippen MR) is 174 cm³/mol. The number of amides is 1. The quantitative estimate of drug-likeness (QED) is 0.0699. The number of rotatable bonds is 16. The Hall–Kier alpha value is -5.89. The van der Waals surface area contributed by atoms with Crippen molar-refractivity contribution in [3.63, 3.8) is 0 Å². The third-order valence-corrected chi connectivity index (χ3v) is 6.46. The molecule has 0 aromatic heterocycles. The molecule has 1 unspecified atom stereocenters. The van der Waals surface area contributed by atoms with Gasteiger partial charge in [0.2, 0.25) is 5.91 Å². The van der Waals surface area contributed by atoms with Crippen LogP contribution in [0.4, 0.5) is 28.4 Å². The zero-order valence-electron chi connectivity index (χ0n) is 26.8. The summed E-state index contributed by atoms with van der Waals surface area (Å²) < 4.78 is 10.3. The Bertz CT molecular complexity index is 1570. The summed E-state index contributed by atoms with van der Waals surface area (Å²) in [6.07, 6.45) is 3.06. The van der Waals surface area contributed by atoms with Crippen molar-refractivity contribution in [3.8, 4) is 12.1 Å². The number of benzene rings is 2. The van der Waals surface area contributed by atoms with Crippen LogP contribution in [0.25, 0.3) is 0 Å². The third-order valence-electron chi connectivity index (χ3n) is 6.46. The lowest BCUT2D eigenvalue weighted by Gasteiger charge is -2.25. The first-order valence-corrected chi connectivity index (χ1v) is 14.5. The van der Waals surface area contributed by atoms with Crippen LogP contribution in [0.1, 0.15) is 51.7 Å². The topological polar surface area (TPSA) is 200 Å². The van der Waals surface area contributed by atoms with Crippen molar-refractivity contribution >= 4 is 46.3 Å². The summed E-state index contributed by atoms with van der Waals surface area (Å²) >= 11 is 0. The Morgan fingerprint density at radius 3 is 2.04 bits per heavy atom. The fourth-order valence-corrected chi connectivity index (χ4v) is 4.65. The fourth-order valence-electron chi connectivity index (χ4n) is 4.65. The molecule has 2 rings (SSSR count). The molecule has 0 fully saturated rings. The second kappa shape index (κ2) is 17.6. The lowest BCUT2D eigenvalue weighted by atomic mass is 9.84. The Balaban J connectivity index is 2.57. The van der Waals surface area contributed by atoms with Gasteiger partial charge in [0.05, 0.1) is 34.8 Å². The van der Waals surface area contributed by atoms with Gasteiger partial charge in [0.1, 0.15) is 36.7 Å². The third kappa shape index (κ3) is 12.2. The molecule has 14 nitrogen and oxygen atoms in total. The molecule has 0 bridgehead atoms. The van der Waals surface area contributed by atoms with Crippen molar-refractivity contribution < 1.29 is 28.8 Å². The van der Waals surface area contributed by atoms with Crippen LogP contribution in [0.15, 0.2) is 65.9 Å². The van der Waals surface area contributed by atoms with Crippen molar-refractivity contribution in [2.45, 2.75) is 40.5 Å². The molecular weight excluding hydrogens is 606 g/mol. The molecule has 0 heterocycles. The molecule has 14 heteroatoms. The van der Waals surface area contributed by atoms with Gasteiger partial charge in [0.15, 0.2) is 0 Å². The summed E-state index contributed by atoms with van der Waals surface area (Å²) in [5.74, 6) is -1.48. The highest BCUT2D eigenvalue weighted by Crippen LogP contribution is 2.35. The largest absolute Gasteiger partial charge is 0.461 e. The van der Waals surface area contributed by atoms with Crippen molar-refractivity contribution in [3.05, 3.63) is 76.9 Å². The molecule has 2 aromatic carbocycles. The lowest BCUT2D eigenvalue weighted by Crippen LogP contribution is -2.32. The van der Waals surface area contributed by atoms with E-state index in [1.807, 2.05) is 6.92 Å². The van der Waals surface area contributed by atoms with Gasteiger partial charge in [-0.2, -0.15) is 10.5 Å². The second-order valence-electron chi connectivity index (χ2n) is 11.6. The maximum absolute atomic E-state index is 13.2. The number of nitrogens with zero attached hydrogens (tertiary/aromatic N) is 6. The number of esters is 2. The number of hydrogen-bond acceptors (Lipinski definition) is 12. The number of carbonyl (C=O) groups excluding carboxylic acids is 3. The van der Waals surface area contributed by atoms with E-state index in [1.54, 1.807) is 29.2 Å². The average molecular weight is 644 g/mol. The van der Waals surface area contributed by atoms with Crippen LogP contribution in [0, 0.1) is 44.1 Å². The number of nitro benzene ring substituents is 1. The first kappa shape index (κ1) is 37.3. The van der Waals surface area contributed by atoms with Crippen LogP contribution in [0.5, 0.6) is 0 Å². The Labute approximate surface area is 273 Å². The first-order valence-electron chi connectivity index (χ1n) is 14.5. The monoisotopic (exact) mass is 643 g/mol. The Morgan fingerprint density at radius 2 is 1.57 bits per heavy atom.